The van der Waals surface area contributed by atoms with E-state index in [4.69, 9.17) is 0 Å². The second-order valence-electron chi connectivity index (χ2n) is 4.39. The van der Waals surface area contributed by atoms with Crippen molar-refractivity contribution in [3.05, 3.63) is 71.1 Å². The lowest BCUT2D eigenvalue weighted by Gasteiger charge is -1.97. The third-order valence-electron chi connectivity index (χ3n) is 3.00. The Morgan fingerprint density at radius 2 is 1.67 bits per heavy atom. The van der Waals surface area contributed by atoms with Gasteiger partial charge in [-0.2, -0.15) is 0 Å². The summed E-state index contributed by atoms with van der Waals surface area (Å²) in [7, 11) is 0. The fourth-order valence-corrected chi connectivity index (χ4v) is 3.08. The first-order chi connectivity index (χ1) is 8.83. The molecule has 0 amide bonds. The van der Waals surface area contributed by atoms with E-state index in [1.807, 2.05) is 17.4 Å². The van der Waals surface area contributed by atoms with Gasteiger partial charge >= 0.3 is 0 Å². The minimum Gasteiger partial charge on any atom is -0.136 e. The summed E-state index contributed by atoms with van der Waals surface area (Å²) in [5.74, 6) is 0. The lowest BCUT2D eigenvalue weighted by Crippen LogP contribution is -1.73. The van der Waals surface area contributed by atoms with Gasteiger partial charge in [0.15, 0.2) is 0 Å². The summed E-state index contributed by atoms with van der Waals surface area (Å²) in [5, 5.41) is 1.33. The first kappa shape index (κ1) is 11.2. The highest BCUT2D eigenvalue weighted by Gasteiger charge is 2.02. The summed E-state index contributed by atoms with van der Waals surface area (Å²) >= 11 is 1.86. The molecule has 0 unspecified atom stereocenters. The highest BCUT2D eigenvalue weighted by atomic mass is 32.1. The fourth-order valence-electron chi connectivity index (χ4n) is 2.05. The molecule has 3 rings (SSSR count). The number of rotatable bonds is 2. The number of allylic oxidation sites excluding steroid dienone is 1. The lowest BCUT2D eigenvalue weighted by atomic mass is 10.1. The molecule has 3 aromatic rings. The Kier molecular flexibility index (Phi) is 2.99. The summed E-state index contributed by atoms with van der Waals surface area (Å²) in [4.78, 5) is 1.35. The van der Waals surface area contributed by atoms with E-state index >= 15 is 0 Å². The maximum atomic E-state index is 2.27. The van der Waals surface area contributed by atoms with Gasteiger partial charge in [-0.3, -0.25) is 0 Å². The second-order valence-corrected chi connectivity index (χ2v) is 5.47. The third-order valence-corrected chi connectivity index (χ3v) is 4.25. The summed E-state index contributed by atoms with van der Waals surface area (Å²) < 4.78 is 1.35. The van der Waals surface area contributed by atoms with Crippen LogP contribution < -0.4 is 0 Å². The van der Waals surface area contributed by atoms with Gasteiger partial charge in [-0.1, -0.05) is 54.6 Å². The Hall–Kier alpha value is -1.86. The van der Waals surface area contributed by atoms with Crippen LogP contribution in [0.25, 0.3) is 21.7 Å². The monoisotopic (exact) mass is 250 g/mol. The van der Waals surface area contributed by atoms with E-state index in [1.54, 1.807) is 0 Å². The van der Waals surface area contributed by atoms with E-state index in [9.17, 15) is 0 Å². The minimum absolute atomic E-state index is 1.26. The SMILES string of the molecule is C/C(=C/c1ccccc1)c1cc2ccccc2s1. The van der Waals surface area contributed by atoms with E-state index in [0.29, 0.717) is 0 Å². The van der Waals surface area contributed by atoms with Crippen LogP contribution >= 0.6 is 11.3 Å². The molecule has 1 heteroatoms. The first-order valence-corrected chi connectivity index (χ1v) is 6.87. The van der Waals surface area contributed by atoms with Crippen molar-refractivity contribution < 1.29 is 0 Å². The van der Waals surface area contributed by atoms with Crippen LogP contribution in [0.3, 0.4) is 0 Å². The van der Waals surface area contributed by atoms with E-state index in [0.717, 1.165) is 0 Å². The van der Waals surface area contributed by atoms with Crippen LogP contribution in [0.4, 0.5) is 0 Å². The normalized spacial score (nSPS) is 11.9. The van der Waals surface area contributed by atoms with Crippen LogP contribution in [0.2, 0.25) is 0 Å². The molecule has 88 valence electrons. The topological polar surface area (TPSA) is 0 Å². The van der Waals surface area contributed by atoms with Crippen LogP contribution in [0.1, 0.15) is 17.4 Å². The van der Waals surface area contributed by atoms with Crippen molar-refractivity contribution in [3.63, 3.8) is 0 Å². The smallest absolute Gasteiger partial charge is 0.0349 e. The molecule has 2 aromatic carbocycles. The molecule has 0 nitrogen and oxygen atoms in total. The molecule has 0 saturated carbocycles. The van der Waals surface area contributed by atoms with Crippen LogP contribution in [0, 0.1) is 0 Å². The van der Waals surface area contributed by atoms with Crippen molar-refractivity contribution in [1.82, 2.24) is 0 Å². The third kappa shape index (κ3) is 2.22. The van der Waals surface area contributed by atoms with Crippen LogP contribution in [-0.4, -0.2) is 0 Å². The second kappa shape index (κ2) is 4.79. The van der Waals surface area contributed by atoms with Gasteiger partial charge < -0.3 is 0 Å². The highest BCUT2D eigenvalue weighted by molar-refractivity contribution is 7.20. The molecule has 0 aliphatic carbocycles. The largest absolute Gasteiger partial charge is 0.136 e. The average Bonchev–Trinajstić information content (AvgIpc) is 2.84. The fraction of sp³-hybridized carbons (Fsp3) is 0.0588. The van der Waals surface area contributed by atoms with Gasteiger partial charge in [-0.15, -0.1) is 11.3 Å². The molecule has 0 saturated heterocycles. The summed E-state index contributed by atoms with van der Waals surface area (Å²) in [6.45, 7) is 2.18. The zero-order chi connectivity index (χ0) is 12.4. The van der Waals surface area contributed by atoms with Crippen molar-refractivity contribution in [2.45, 2.75) is 6.92 Å². The molecule has 1 heterocycles. The van der Waals surface area contributed by atoms with E-state index in [-0.39, 0.29) is 0 Å². The molecule has 0 fully saturated rings. The zero-order valence-electron chi connectivity index (χ0n) is 10.3. The van der Waals surface area contributed by atoms with Crippen molar-refractivity contribution in [3.8, 4) is 0 Å². The van der Waals surface area contributed by atoms with Gasteiger partial charge in [0.1, 0.15) is 0 Å². The Morgan fingerprint density at radius 1 is 0.944 bits per heavy atom. The number of fused-ring (bicyclic) bond motifs is 1. The van der Waals surface area contributed by atoms with Gasteiger partial charge in [-0.05, 0) is 35.6 Å². The molecule has 0 spiro atoms. The van der Waals surface area contributed by atoms with Crippen LogP contribution in [-0.2, 0) is 0 Å². The Labute approximate surface area is 111 Å². The number of thiophene rings is 1. The number of hydrogen-bond donors (Lipinski definition) is 0. The minimum atomic E-state index is 1.26. The quantitative estimate of drug-likeness (QED) is 0.566. The average molecular weight is 250 g/mol. The van der Waals surface area contributed by atoms with E-state index < -0.39 is 0 Å². The van der Waals surface area contributed by atoms with E-state index in [1.165, 1.54) is 26.1 Å². The first-order valence-electron chi connectivity index (χ1n) is 6.05. The molecule has 1 aromatic heterocycles. The predicted molar refractivity (Wildman–Crippen MR) is 81.8 cm³/mol. The van der Waals surface area contributed by atoms with Gasteiger partial charge in [0.2, 0.25) is 0 Å². The maximum Gasteiger partial charge on any atom is 0.0349 e. The molecule has 0 bridgehead atoms. The highest BCUT2D eigenvalue weighted by Crippen LogP contribution is 2.31. The molecule has 0 atom stereocenters. The molecule has 0 radical (unpaired) electrons. The molecule has 18 heavy (non-hydrogen) atoms. The molecular formula is C17H14S. The standard InChI is InChI=1S/C17H14S/c1-13(11-14-7-3-2-4-8-14)17-12-15-9-5-6-10-16(15)18-17/h2-12H,1H3/b13-11-. The Bertz CT molecular complexity index is 657. The van der Waals surface area contributed by atoms with Gasteiger partial charge in [0.05, 0.1) is 0 Å². The lowest BCUT2D eigenvalue weighted by molar-refractivity contribution is 1.64. The van der Waals surface area contributed by atoms with Crippen molar-refractivity contribution in [1.29, 1.82) is 0 Å². The van der Waals surface area contributed by atoms with Crippen molar-refractivity contribution >= 4 is 33.1 Å². The van der Waals surface area contributed by atoms with Gasteiger partial charge in [-0.25, -0.2) is 0 Å². The number of benzene rings is 2. The Balaban J connectivity index is 2.01. The van der Waals surface area contributed by atoms with Crippen LogP contribution in [0.5, 0.6) is 0 Å². The van der Waals surface area contributed by atoms with Crippen molar-refractivity contribution in [2.75, 3.05) is 0 Å². The van der Waals surface area contributed by atoms with Gasteiger partial charge in [0, 0.05) is 9.58 Å². The van der Waals surface area contributed by atoms with Crippen molar-refractivity contribution in [2.24, 2.45) is 0 Å². The van der Waals surface area contributed by atoms with Gasteiger partial charge in [0.25, 0.3) is 0 Å². The zero-order valence-corrected chi connectivity index (χ0v) is 11.1. The van der Waals surface area contributed by atoms with E-state index in [2.05, 4.69) is 67.6 Å². The summed E-state index contributed by atoms with van der Waals surface area (Å²) in [5.41, 5.74) is 2.58. The summed E-state index contributed by atoms with van der Waals surface area (Å²) in [6.07, 6.45) is 2.24. The number of hydrogen-bond acceptors (Lipinski definition) is 1. The maximum absolute atomic E-state index is 2.27. The molecular weight excluding hydrogens is 236 g/mol. The molecule has 0 aliphatic rings. The summed E-state index contributed by atoms with van der Waals surface area (Å²) in [6, 6.07) is 21.3. The molecule has 0 aliphatic heterocycles. The van der Waals surface area contributed by atoms with Crippen LogP contribution in [0.15, 0.2) is 60.7 Å². The molecule has 0 N–H and O–H groups in total. The Morgan fingerprint density at radius 3 is 2.44 bits per heavy atom. The predicted octanol–water partition coefficient (Wildman–Crippen LogP) is 5.46.